The number of pyridine rings is 1. The molecule has 3 aromatic rings. The van der Waals surface area contributed by atoms with E-state index < -0.39 is 11.5 Å². The van der Waals surface area contributed by atoms with Crippen molar-refractivity contribution in [2.75, 3.05) is 13.1 Å². The van der Waals surface area contributed by atoms with E-state index in [0.29, 0.717) is 18.7 Å². The van der Waals surface area contributed by atoms with Gasteiger partial charge in [-0.2, -0.15) is 0 Å². The number of aryl methyl sites for hydroxylation is 1. The molecule has 4 nitrogen and oxygen atoms in total. The molecule has 2 aromatic heterocycles. The number of Topliss-reactive ketones (excluding diaryl/α,β-unsaturated/α-hetero) is 1. The van der Waals surface area contributed by atoms with Gasteiger partial charge in [-0.1, -0.05) is 24.3 Å². The van der Waals surface area contributed by atoms with Crippen molar-refractivity contribution in [2.45, 2.75) is 25.4 Å². The van der Waals surface area contributed by atoms with Crippen LogP contribution in [-0.2, 0) is 0 Å². The minimum absolute atomic E-state index is 0.240. The molecule has 0 amide bonds. The van der Waals surface area contributed by atoms with E-state index in [2.05, 4.69) is 10.3 Å². The maximum absolute atomic E-state index is 14.9. The molecule has 128 valence electrons. The Kier molecular flexibility index (Phi) is 3.88. The first-order valence-electron chi connectivity index (χ1n) is 8.56. The summed E-state index contributed by atoms with van der Waals surface area (Å²) in [6.45, 7) is 3.13. The largest absolute Gasteiger partial charge is 0.316 e. The summed E-state index contributed by atoms with van der Waals surface area (Å²) < 4.78 is 16.9. The van der Waals surface area contributed by atoms with E-state index in [4.69, 9.17) is 0 Å². The van der Waals surface area contributed by atoms with E-state index in [9.17, 15) is 9.18 Å². The Balaban J connectivity index is 1.65. The van der Waals surface area contributed by atoms with Crippen molar-refractivity contribution in [1.29, 1.82) is 0 Å². The number of piperidine rings is 1. The zero-order valence-electron chi connectivity index (χ0n) is 14.1. The molecular formula is C20H20FN3O. The number of carbonyl (C=O) groups excluding carboxylic acids is 1. The van der Waals surface area contributed by atoms with Crippen LogP contribution < -0.4 is 5.32 Å². The lowest BCUT2D eigenvalue weighted by Gasteiger charge is -2.28. The van der Waals surface area contributed by atoms with Crippen LogP contribution in [0.25, 0.3) is 16.8 Å². The maximum Gasteiger partial charge on any atom is 0.200 e. The van der Waals surface area contributed by atoms with Crippen LogP contribution in [0.1, 0.15) is 28.9 Å². The Bertz CT molecular complexity index is 924. The highest BCUT2D eigenvalue weighted by Gasteiger charge is 2.39. The van der Waals surface area contributed by atoms with Gasteiger partial charge in [0.2, 0.25) is 0 Å². The van der Waals surface area contributed by atoms with Gasteiger partial charge >= 0.3 is 0 Å². The van der Waals surface area contributed by atoms with E-state index >= 15 is 0 Å². The molecule has 3 heterocycles. The van der Waals surface area contributed by atoms with Crippen molar-refractivity contribution in [3.05, 3.63) is 60.0 Å². The molecule has 1 saturated heterocycles. The van der Waals surface area contributed by atoms with Crippen molar-refractivity contribution in [3.63, 3.8) is 0 Å². The SMILES string of the molecule is Cc1c(-c2ccc(C(=O)C3(F)CCNCC3)cc2)ccc2nccn12. The number of benzene rings is 1. The molecule has 5 heteroatoms. The van der Waals surface area contributed by atoms with Crippen LogP contribution in [0.15, 0.2) is 48.8 Å². The van der Waals surface area contributed by atoms with E-state index in [1.54, 1.807) is 18.3 Å². The average molecular weight is 337 g/mol. The fourth-order valence-corrected chi connectivity index (χ4v) is 3.55. The summed E-state index contributed by atoms with van der Waals surface area (Å²) in [4.78, 5) is 16.8. The van der Waals surface area contributed by atoms with Gasteiger partial charge in [0.25, 0.3) is 0 Å². The summed E-state index contributed by atoms with van der Waals surface area (Å²) in [6, 6.07) is 11.2. The Labute approximate surface area is 145 Å². The van der Waals surface area contributed by atoms with Crippen molar-refractivity contribution >= 4 is 11.4 Å². The summed E-state index contributed by atoms with van der Waals surface area (Å²) in [7, 11) is 0. The Morgan fingerprint density at radius 3 is 2.60 bits per heavy atom. The van der Waals surface area contributed by atoms with E-state index in [1.807, 2.05) is 41.8 Å². The second kappa shape index (κ2) is 6.08. The number of imidazole rings is 1. The number of hydrogen-bond donors (Lipinski definition) is 1. The smallest absolute Gasteiger partial charge is 0.200 e. The van der Waals surface area contributed by atoms with Crippen LogP contribution in [0.3, 0.4) is 0 Å². The third kappa shape index (κ3) is 2.74. The predicted molar refractivity (Wildman–Crippen MR) is 95.6 cm³/mol. The van der Waals surface area contributed by atoms with Gasteiger partial charge < -0.3 is 9.72 Å². The fraction of sp³-hybridized carbons (Fsp3) is 0.300. The van der Waals surface area contributed by atoms with E-state index in [0.717, 1.165) is 22.5 Å². The van der Waals surface area contributed by atoms with Crippen molar-refractivity contribution in [1.82, 2.24) is 14.7 Å². The molecule has 0 unspecified atom stereocenters. The summed E-state index contributed by atoms with van der Waals surface area (Å²) in [5, 5.41) is 3.10. The fourth-order valence-electron chi connectivity index (χ4n) is 3.55. The number of carbonyl (C=O) groups is 1. The minimum Gasteiger partial charge on any atom is -0.316 e. The molecule has 25 heavy (non-hydrogen) atoms. The van der Waals surface area contributed by atoms with Gasteiger partial charge in [-0.15, -0.1) is 0 Å². The van der Waals surface area contributed by atoms with Gasteiger partial charge in [-0.05, 0) is 37.7 Å². The zero-order chi connectivity index (χ0) is 17.4. The first kappa shape index (κ1) is 16.0. The highest BCUT2D eigenvalue weighted by molar-refractivity contribution is 6.02. The highest BCUT2D eigenvalue weighted by atomic mass is 19.1. The second-order valence-corrected chi connectivity index (χ2v) is 6.61. The topological polar surface area (TPSA) is 46.4 Å². The van der Waals surface area contributed by atoms with Gasteiger partial charge in [0.1, 0.15) is 5.65 Å². The number of aromatic nitrogens is 2. The van der Waals surface area contributed by atoms with E-state index in [1.165, 1.54) is 0 Å². The number of halogens is 1. The van der Waals surface area contributed by atoms with Gasteiger partial charge in [-0.3, -0.25) is 4.79 Å². The molecule has 1 fully saturated rings. The Morgan fingerprint density at radius 1 is 1.16 bits per heavy atom. The molecule has 0 bridgehead atoms. The number of rotatable bonds is 3. The van der Waals surface area contributed by atoms with Crippen LogP contribution in [0.2, 0.25) is 0 Å². The van der Waals surface area contributed by atoms with Gasteiger partial charge in [-0.25, -0.2) is 9.37 Å². The highest BCUT2D eigenvalue weighted by Crippen LogP contribution is 2.30. The zero-order valence-corrected chi connectivity index (χ0v) is 14.1. The monoisotopic (exact) mass is 337 g/mol. The van der Waals surface area contributed by atoms with Gasteiger partial charge in [0.15, 0.2) is 11.5 Å². The molecule has 0 saturated carbocycles. The third-order valence-electron chi connectivity index (χ3n) is 5.08. The van der Waals surface area contributed by atoms with Crippen molar-refractivity contribution in [3.8, 4) is 11.1 Å². The van der Waals surface area contributed by atoms with Crippen LogP contribution in [0.5, 0.6) is 0 Å². The van der Waals surface area contributed by atoms with Crippen LogP contribution in [0, 0.1) is 6.92 Å². The molecule has 0 atom stereocenters. The Morgan fingerprint density at radius 2 is 1.88 bits per heavy atom. The average Bonchev–Trinajstić information content (AvgIpc) is 3.12. The molecule has 0 aliphatic carbocycles. The normalized spacial score (nSPS) is 16.9. The summed E-state index contributed by atoms with van der Waals surface area (Å²) in [5.41, 5.74) is 2.75. The lowest BCUT2D eigenvalue weighted by molar-refractivity contribution is 0.0592. The number of hydrogen-bond acceptors (Lipinski definition) is 3. The Hall–Kier alpha value is -2.53. The maximum atomic E-state index is 14.9. The molecule has 1 aliphatic rings. The summed E-state index contributed by atoms with van der Waals surface area (Å²) in [5.74, 6) is -0.401. The predicted octanol–water partition coefficient (Wildman–Crippen LogP) is 3.58. The number of alkyl halides is 1. The molecule has 4 rings (SSSR count). The first-order valence-corrected chi connectivity index (χ1v) is 8.56. The third-order valence-corrected chi connectivity index (χ3v) is 5.08. The number of nitrogens with zero attached hydrogens (tertiary/aromatic N) is 2. The number of nitrogens with one attached hydrogen (secondary N) is 1. The molecule has 1 N–H and O–H groups in total. The van der Waals surface area contributed by atoms with Crippen molar-refractivity contribution in [2.24, 2.45) is 0 Å². The lowest BCUT2D eigenvalue weighted by Crippen LogP contribution is -2.44. The van der Waals surface area contributed by atoms with Gasteiger partial charge in [0, 0.05) is 42.1 Å². The summed E-state index contributed by atoms with van der Waals surface area (Å²) in [6.07, 6.45) is 4.18. The van der Waals surface area contributed by atoms with Crippen LogP contribution in [-0.4, -0.2) is 33.9 Å². The quantitative estimate of drug-likeness (QED) is 0.743. The lowest BCUT2D eigenvalue weighted by atomic mass is 9.86. The second-order valence-electron chi connectivity index (χ2n) is 6.61. The molecular weight excluding hydrogens is 317 g/mol. The molecule has 0 spiro atoms. The molecule has 1 aliphatic heterocycles. The molecule has 0 radical (unpaired) electrons. The molecule has 1 aromatic carbocycles. The minimum atomic E-state index is -1.74. The van der Waals surface area contributed by atoms with Gasteiger partial charge in [0.05, 0.1) is 0 Å². The standard InChI is InChI=1S/C20H20FN3O/c1-14-17(6-7-18-23-12-13-24(14)18)15-2-4-16(5-3-15)19(25)20(21)8-10-22-11-9-20/h2-7,12-13,22H,8-11H2,1H3. The number of ketones is 1. The van der Waals surface area contributed by atoms with E-state index in [-0.39, 0.29) is 12.8 Å². The first-order chi connectivity index (χ1) is 12.1. The summed E-state index contributed by atoms with van der Waals surface area (Å²) >= 11 is 0. The van der Waals surface area contributed by atoms with Crippen LogP contribution >= 0.6 is 0 Å². The van der Waals surface area contributed by atoms with Crippen LogP contribution in [0.4, 0.5) is 4.39 Å². The number of fused-ring (bicyclic) bond motifs is 1. The van der Waals surface area contributed by atoms with Crippen molar-refractivity contribution < 1.29 is 9.18 Å².